The first kappa shape index (κ1) is 17.4. The van der Waals surface area contributed by atoms with Crippen LogP contribution in [0.1, 0.15) is 59.9 Å². The van der Waals surface area contributed by atoms with Crippen molar-refractivity contribution in [2.24, 2.45) is 0 Å². The first-order valence-electron chi connectivity index (χ1n) is 7.99. The van der Waals surface area contributed by atoms with Gasteiger partial charge >= 0.3 is 5.97 Å². The first-order valence-corrected chi connectivity index (χ1v) is 7.99. The third kappa shape index (κ3) is 5.03. The van der Waals surface area contributed by atoms with E-state index in [0.29, 0.717) is 11.1 Å². The molecule has 0 unspecified atom stereocenters. The minimum absolute atomic E-state index is 0.404. The van der Waals surface area contributed by atoms with E-state index in [2.05, 4.69) is 18.0 Å². The van der Waals surface area contributed by atoms with Crippen molar-refractivity contribution in [1.82, 2.24) is 4.90 Å². The highest BCUT2D eigenvalue weighted by atomic mass is 16.6. The maximum Gasteiger partial charge on any atom is 0.338 e. The lowest BCUT2D eigenvalue weighted by Crippen LogP contribution is -2.26. The van der Waals surface area contributed by atoms with Crippen LogP contribution in [0, 0.1) is 0 Å². The molecule has 23 heavy (non-hydrogen) atoms. The number of carbonyl (C=O) groups excluding carboxylic acids is 2. The average molecular weight is 315 g/mol. The molecule has 124 valence electrons. The molecule has 2 rings (SSSR count). The molecule has 0 N–H and O–H groups in total. The quantitative estimate of drug-likeness (QED) is 0.632. The van der Waals surface area contributed by atoms with Gasteiger partial charge in [0.05, 0.1) is 5.56 Å². The van der Waals surface area contributed by atoms with Crippen LogP contribution in [0.4, 0.5) is 0 Å². The van der Waals surface area contributed by atoms with Crippen LogP contribution < -0.4 is 0 Å². The lowest BCUT2D eigenvalue weighted by molar-refractivity contribution is 0.00695. The zero-order valence-corrected chi connectivity index (χ0v) is 14.4. The summed E-state index contributed by atoms with van der Waals surface area (Å²) in [5.74, 6) is -0.404. The van der Waals surface area contributed by atoms with Crippen LogP contribution in [0.2, 0.25) is 0 Å². The Balaban J connectivity index is 2.21. The zero-order valence-electron chi connectivity index (χ0n) is 14.4. The summed E-state index contributed by atoms with van der Waals surface area (Å²) in [7, 11) is 2.11. The second-order valence-corrected chi connectivity index (χ2v) is 7.07. The molecule has 1 aromatic carbocycles. The van der Waals surface area contributed by atoms with Crippen molar-refractivity contribution in [3.8, 4) is 0 Å². The molecule has 1 fully saturated rings. The van der Waals surface area contributed by atoms with Crippen molar-refractivity contribution < 1.29 is 14.3 Å². The Morgan fingerprint density at radius 2 is 1.83 bits per heavy atom. The highest BCUT2D eigenvalue weighted by Gasteiger charge is 2.19. The van der Waals surface area contributed by atoms with E-state index in [4.69, 9.17) is 4.74 Å². The maximum absolute atomic E-state index is 12.1. The molecule has 0 atom stereocenters. The standard InChI is InChI=1S/C19H25NO3/c1-19(2,3)23-18(22)16-6-5-15(17(12-16)13-21)11-14-7-9-20(4)10-8-14/h5-6,11-13H,7-10H2,1-4H3. The summed E-state index contributed by atoms with van der Waals surface area (Å²) in [5, 5.41) is 0. The predicted octanol–water partition coefficient (Wildman–Crippen LogP) is 3.56. The molecule has 1 saturated heterocycles. The van der Waals surface area contributed by atoms with Crippen molar-refractivity contribution in [3.63, 3.8) is 0 Å². The van der Waals surface area contributed by atoms with E-state index in [9.17, 15) is 9.59 Å². The van der Waals surface area contributed by atoms with E-state index in [1.165, 1.54) is 5.57 Å². The lowest BCUT2D eigenvalue weighted by Gasteiger charge is -2.24. The molecule has 1 aliphatic heterocycles. The number of carbonyl (C=O) groups is 2. The number of hydrogen-bond donors (Lipinski definition) is 0. The summed E-state index contributed by atoms with van der Waals surface area (Å²) in [5.41, 5.74) is 2.60. The third-order valence-electron chi connectivity index (χ3n) is 3.84. The number of ether oxygens (including phenoxy) is 1. The normalized spacial score (nSPS) is 16.1. The monoisotopic (exact) mass is 315 g/mol. The molecule has 1 heterocycles. The van der Waals surface area contributed by atoms with Crippen molar-refractivity contribution in [2.45, 2.75) is 39.2 Å². The summed E-state index contributed by atoms with van der Waals surface area (Å²) in [4.78, 5) is 25.8. The van der Waals surface area contributed by atoms with Gasteiger partial charge in [-0.2, -0.15) is 0 Å². The van der Waals surface area contributed by atoms with E-state index >= 15 is 0 Å². The van der Waals surface area contributed by atoms with Crippen molar-refractivity contribution in [2.75, 3.05) is 20.1 Å². The van der Waals surface area contributed by atoms with Gasteiger partial charge in [-0.3, -0.25) is 4.79 Å². The third-order valence-corrected chi connectivity index (χ3v) is 3.84. The molecule has 1 aromatic rings. The second-order valence-electron chi connectivity index (χ2n) is 7.07. The fourth-order valence-electron chi connectivity index (χ4n) is 2.54. The summed E-state index contributed by atoms with van der Waals surface area (Å²) in [6, 6.07) is 5.17. The Labute approximate surface area is 138 Å². The van der Waals surface area contributed by atoms with E-state index in [1.807, 2.05) is 26.8 Å². The molecule has 4 heteroatoms. The zero-order chi connectivity index (χ0) is 17.0. The van der Waals surface area contributed by atoms with E-state index < -0.39 is 11.6 Å². The van der Waals surface area contributed by atoms with Gasteiger partial charge in [0.2, 0.25) is 0 Å². The summed E-state index contributed by atoms with van der Waals surface area (Å²) in [6.45, 7) is 7.55. The number of piperidine rings is 1. The van der Waals surface area contributed by atoms with E-state index in [-0.39, 0.29) is 0 Å². The highest BCUT2D eigenvalue weighted by Crippen LogP contribution is 2.22. The molecular formula is C19H25NO3. The number of likely N-dealkylation sites (tertiary alicyclic amines) is 1. The van der Waals surface area contributed by atoms with Gasteiger partial charge in [0.15, 0.2) is 6.29 Å². The molecule has 4 nitrogen and oxygen atoms in total. The molecule has 1 aliphatic rings. The summed E-state index contributed by atoms with van der Waals surface area (Å²) < 4.78 is 5.35. The molecule has 0 amide bonds. The van der Waals surface area contributed by atoms with Crippen molar-refractivity contribution in [1.29, 1.82) is 0 Å². The van der Waals surface area contributed by atoms with Crippen LogP contribution in [-0.4, -0.2) is 42.9 Å². The number of nitrogens with zero attached hydrogens (tertiary/aromatic N) is 1. The molecule has 0 aromatic heterocycles. The lowest BCUT2D eigenvalue weighted by atomic mass is 9.98. The summed E-state index contributed by atoms with van der Waals surface area (Å²) in [6.07, 6.45) is 4.91. The Kier molecular flexibility index (Phi) is 5.37. The van der Waals surface area contributed by atoms with E-state index in [1.54, 1.807) is 12.1 Å². The van der Waals surface area contributed by atoms with Gasteiger partial charge in [-0.05, 0) is 58.4 Å². The maximum atomic E-state index is 12.1. The van der Waals surface area contributed by atoms with Crippen LogP contribution in [0.5, 0.6) is 0 Å². The minimum Gasteiger partial charge on any atom is -0.456 e. The summed E-state index contributed by atoms with van der Waals surface area (Å²) >= 11 is 0. The molecule has 0 bridgehead atoms. The molecule has 0 spiro atoms. The van der Waals surface area contributed by atoms with Gasteiger partial charge in [0.1, 0.15) is 5.60 Å². The number of aldehydes is 1. The molecular weight excluding hydrogens is 290 g/mol. The Bertz CT molecular complexity index is 616. The van der Waals surface area contributed by atoms with Crippen LogP contribution >= 0.6 is 0 Å². The van der Waals surface area contributed by atoms with Crippen molar-refractivity contribution >= 4 is 18.3 Å². The minimum atomic E-state index is -0.548. The SMILES string of the molecule is CN1CCC(=Cc2ccc(C(=O)OC(C)(C)C)cc2C=O)CC1. The Morgan fingerprint density at radius 1 is 1.17 bits per heavy atom. The van der Waals surface area contributed by atoms with E-state index in [0.717, 1.165) is 37.8 Å². The van der Waals surface area contributed by atoms with Crippen LogP contribution in [-0.2, 0) is 4.74 Å². The molecule has 0 saturated carbocycles. The van der Waals surface area contributed by atoms with Gasteiger partial charge < -0.3 is 9.64 Å². The first-order chi connectivity index (χ1) is 10.8. The van der Waals surface area contributed by atoms with Crippen LogP contribution in [0.3, 0.4) is 0 Å². The molecule has 0 radical (unpaired) electrons. The predicted molar refractivity (Wildman–Crippen MR) is 91.7 cm³/mol. The second kappa shape index (κ2) is 7.09. The Hall–Kier alpha value is -1.94. The number of esters is 1. The van der Waals surface area contributed by atoms with Crippen molar-refractivity contribution in [3.05, 3.63) is 40.5 Å². The smallest absolute Gasteiger partial charge is 0.338 e. The molecule has 0 aliphatic carbocycles. The number of hydrogen-bond acceptors (Lipinski definition) is 4. The fourth-order valence-corrected chi connectivity index (χ4v) is 2.54. The average Bonchev–Trinajstić information content (AvgIpc) is 2.48. The fraction of sp³-hybridized carbons (Fsp3) is 0.474. The van der Waals surface area contributed by atoms with Crippen LogP contribution in [0.15, 0.2) is 23.8 Å². The number of rotatable bonds is 3. The largest absolute Gasteiger partial charge is 0.456 e. The number of benzene rings is 1. The highest BCUT2D eigenvalue weighted by molar-refractivity contribution is 5.93. The van der Waals surface area contributed by atoms with Gasteiger partial charge in [-0.25, -0.2) is 4.79 Å². The topological polar surface area (TPSA) is 46.6 Å². The van der Waals surface area contributed by atoms with Gasteiger partial charge in [0, 0.05) is 18.7 Å². The Morgan fingerprint density at radius 3 is 2.39 bits per heavy atom. The van der Waals surface area contributed by atoms with Gasteiger partial charge in [-0.15, -0.1) is 0 Å². The van der Waals surface area contributed by atoms with Gasteiger partial charge in [-0.1, -0.05) is 17.7 Å². The van der Waals surface area contributed by atoms with Crippen LogP contribution in [0.25, 0.3) is 6.08 Å². The van der Waals surface area contributed by atoms with Gasteiger partial charge in [0.25, 0.3) is 0 Å².